The molecule has 0 saturated heterocycles. The molecule has 0 aliphatic carbocycles. The maximum atomic E-state index is 10.3. The molecule has 1 amide bonds. The number of rotatable bonds is 1. The Morgan fingerprint density at radius 1 is 1.42 bits per heavy atom. The summed E-state index contributed by atoms with van der Waals surface area (Å²) in [4.78, 5) is 10.3. The Kier molecular flexibility index (Phi) is 9.84. The molecule has 2 nitrogen and oxygen atoms in total. The Morgan fingerprint density at radius 2 is 2.00 bits per heavy atom. The molecule has 0 radical (unpaired) electrons. The van der Waals surface area contributed by atoms with Crippen molar-refractivity contribution in [2.45, 2.75) is 13.8 Å². The predicted molar refractivity (Wildman–Crippen MR) is 45.3 cm³/mol. The Hall–Kier alpha value is -0.622. The van der Waals surface area contributed by atoms with Gasteiger partial charge in [0.2, 0.25) is 0 Å². The van der Waals surface area contributed by atoms with Gasteiger partial charge in [-0.05, 0) is 5.91 Å². The quantitative estimate of drug-likeness (QED) is 0.729. The van der Waals surface area contributed by atoms with Gasteiger partial charge in [0.25, 0.3) is 0 Å². The molecule has 1 aromatic rings. The summed E-state index contributed by atoms with van der Waals surface area (Å²) in [5.41, 5.74) is 6.97. The minimum atomic E-state index is -0.685. The summed E-state index contributed by atoms with van der Waals surface area (Å²) < 4.78 is 0. The molecular formula is C9H11NOW. The average Bonchev–Trinajstić information content (AvgIpc) is 2.10. The molecule has 0 aliphatic rings. The Balaban J connectivity index is 0. The zero-order valence-corrected chi connectivity index (χ0v) is 10.1. The van der Waals surface area contributed by atoms with Gasteiger partial charge in [-0.1, -0.05) is 13.8 Å². The van der Waals surface area contributed by atoms with E-state index in [1.54, 1.807) is 24.3 Å². The minimum absolute atomic E-state index is 0. The molecule has 3 heteroatoms. The van der Waals surface area contributed by atoms with E-state index in [0.717, 1.165) is 0 Å². The van der Waals surface area contributed by atoms with Crippen LogP contribution in [0.25, 0.3) is 5.73 Å². The molecule has 64 valence electrons. The van der Waals surface area contributed by atoms with Gasteiger partial charge in [-0.2, -0.15) is 0 Å². The van der Waals surface area contributed by atoms with E-state index >= 15 is 0 Å². The Morgan fingerprint density at radius 3 is 2.25 bits per heavy atom. The van der Waals surface area contributed by atoms with Crippen LogP contribution >= 0.6 is 0 Å². The van der Waals surface area contributed by atoms with E-state index in [9.17, 15) is 4.79 Å². The van der Waals surface area contributed by atoms with Crippen LogP contribution in [0.3, 0.4) is 0 Å². The molecule has 0 aromatic heterocycles. The maximum Gasteiger partial charge on any atom is 2.00 e. The maximum absolute atomic E-state index is 10.3. The first-order chi connectivity index (χ1) is 5.30. The van der Waals surface area contributed by atoms with E-state index in [-0.39, 0.29) is 21.1 Å². The zero-order chi connectivity index (χ0) is 8.69. The summed E-state index contributed by atoms with van der Waals surface area (Å²) in [6, 6.07) is 9.27. The molecule has 12 heavy (non-hydrogen) atoms. The van der Waals surface area contributed by atoms with Crippen molar-refractivity contribution in [2.24, 2.45) is 0 Å². The van der Waals surface area contributed by atoms with E-state index < -0.39 is 5.91 Å². The van der Waals surface area contributed by atoms with Crippen molar-refractivity contribution in [1.82, 2.24) is 0 Å². The van der Waals surface area contributed by atoms with Gasteiger partial charge >= 0.3 is 21.1 Å². The monoisotopic (exact) mass is 333 g/mol. The van der Waals surface area contributed by atoms with Crippen molar-refractivity contribution < 1.29 is 25.9 Å². The number of hydrogen-bond donors (Lipinski definition) is 0. The molecule has 0 fully saturated rings. The van der Waals surface area contributed by atoms with Gasteiger partial charge in [0.05, 0.1) is 0 Å². The number of benzene rings is 1. The van der Waals surface area contributed by atoms with Gasteiger partial charge in [0.1, 0.15) is 0 Å². The van der Waals surface area contributed by atoms with Crippen LogP contribution in [-0.4, -0.2) is 5.91 Å². The summed E-state index contributed by atoms with van der Waals surface area (Å²) in [5.74, 6) is -0.685. The summed E-state index contributed by atoms with van der Waals surface area (Å²) in [7, 11) is 0. The molecule has 0 spiro atoms. The number of nitrogens with one attached hydrogen (secondary N) is 1. The standard InChI is InChI=1S/C7H6NO.C2H6.W/c8-7(9)6-4-2-1-3-5-6;1-2;/h1-4H,(H2,8,9);1-2H3;/q-1;;+2/p-1. The Labute approximate surface area is 87.4 Å². The summed E-state index contributed by atoms with van der Waals surface area (Å²) >= 11 is 0. The van der Waals surface area contributed by atoms with Gasteiger partial charge in [-0.3, -0.25) is 0 Å². The number of hydrogen-bond acceptors (Lipinski definition) is 1. The van der Waals surface area contributed by atoms with Crippen LogP contribution in [0.1, 0.15) is 24.2 Å². The molecule has 0 unspecified atom stereocenters. The topological polar surface area (TPSA) is 40.9 Å². The van der Waals surface area contributed by atoms with Crippen LogP contribution in [0.4, 0.5) is 0 Å². The van der Waals surface area contributed by atoms with Gasteiger partial charge < -0.3 is 10.5 Å². The second-order valence-corrected chi connectivity index (χ2v) is 1.61. The second-order valence-electron chi connectivity index (χ2n) is 1.61. The molecule has 0 aliphatic heterocycles. The van der Waals surface area contributed by atoms with Crippen LogP contribution in [0, 0.1) is 6.07 Å². The smallest absolute Gasteiger partial charge is 0.709 e. The van der Waals surface area contributed by atoms with Crippen LogP contribution in [-0.2, 0) is 21.1 Å². The zero-order valence-electron chi connectivity index (χ0n) is 7.13. The molecule has 0 bridgehead atoms. The first-order valence-electron chi connectivity index (χ1n) is 3.53. The summed E-state index contributed by atoms with van der Waals surface area (Å²) in [5, 5.41) is 0. The summed E-state index contributed by atoms with van der Waals surface area (Å²) in [6.07, 6.45) is 0. The molecule has 0 heterocycles. The van der Waals surface area contributed by atoms with Crippen molar-refractivity contribution >= 4 is 5.91 Å². The largest absolute Gasteiger partial charge is 2.00 e. The van der Waals surface area contributed by atoms with Crippen molar-refractivity contribution in [2.75, 3.05) is 0 Å². The third-order valence-corrected chi connectivity index (χ3v) is 0.954. The van der Waals surface area contributed by atoms with Gasteiger partial charge in [-0.15, -0.1) is 35.9 Å². The SMILES string of the molecule is CC.[NH-]C(=O)c1[c-]cccc1.[W+2]. The van der Waals surface area contributed by atoms with Crippen LogP contribution in [0.5, 0.6) is 0 Å². The van der Waals surface area contributed by atoms with E-state index in [0.29, 0.717) is 5.56 Å². The van der Waals surface area contributed by atoms with Crippen LogP contribution in [0.15, 0.2) is 24.3 Å². The van der Waals surface area contributed by atoms with Crippen molar-refractivity contribution in [3.05, 3.63) is 41.6 Å². The molecule has 0 atom stereocenters. The fraction of sp³-hybridized carbons (Fsp3) is 0.222. The van der Waals surface area contributed by atoms with E-state index in [1.165, 1.54) is 0 Å². The normalized spacial score (nSPS) is 7.17. The van der Waals surface area contributed by atoms with Crippen molar-refractivity contribution in [3.8, 4) is 0 Å². The third kappa shape index (κ3) is 5.08. The fourth-order valence-electron chi connectivity index (χ4n) is 0.535. The molecule has 1 aromatic carbocycles. The van der Waals surface area contributed by atoms with Gasteiger partial charge in [-0.25, -0.2) is 0 Å². The number of amides is 1. The van der Waals surface area contributed by atoms with Crippen LogP contribution < -0.4 is 0 Å². The first-order valence-corrected chi connectivity index (χ1v) is 3.53. The minimum Gasteiger partial charge on any atom is -0.709 e. The second kappa shape index (κ2) is 8.47. The predicted octanol–water partition coefficient (Wildman–Crippen LogP) is 2.70. The number of carbonyl (C=O) groups excluding carboxylic acids is 1. The first kappa shape index (κ1) is 13.9. The van der Waals surface area contributed by atoms with Crippen LogP contribution in [0.2, 0.25) is 0 Å². The molecule has 0 saturated carbocycles. The average molecular weight is 333 g/mol. The fourth-order valence-corrected chi connectivity index (χ4v) is 0.535. The van der Waals surface area contributed by atoms with Crippen molar-refractivity contribution in [1.29, 1.82) is 0 Å². The van der Waals surface area contributed by atoms with Gasteiger partial charge in [0, 0.05) is 0 Å². The molecule has 1 N–H and O–H groups in total. The van der Waals surface area contributed by atoms with E-state index in [2.05, 4.69) is 6.07 Å². The number of carbonyl (C=O) groups is 1. The van der Waals surface area contributed by atoms with Crippen molar-refractivity contribution in [3.63, 3.8) is 0 Å². The third-order valence-electron chi connectivity index (χ3n) is 0.954. The van der Waals surface area contributed by atoms with Gasteiger partial charge in [0.15, 0.2) is 0 Å². The van der Waals surface area contributed by atoms with E-state index in [1.807, 2.05) is 13.8 Å². The molecular weight excluding hydrogens is 322 g/mol. The summed E-state index contributed by atoms with van der Waals surface area (Å²) in [6.45, 7) is 4.00. The molecule has 1 rings (SSSR count). The Bertz CT molecular complexity index is 211. The van der Waals surface area contributed by atoms with E-state index in [4.69, 9.17) is 5.73 Å².